The highest BCUT2D eigenvalue weighted by Crippen LogP contribution is 2.50. The summed E-state index contributed by atoms with van der Waals surface area (Å²) in [4.78, 5) is 26.0. The van der Waals surface area contributed by atoms with E-state index < -0.39 is 23.4 Å². The maximum absolute atomic E-state index is 13.7. The topological polar surface area (TPSA) is 81.9 Å². The van der Waals surface area contributed by atoms with Crippen molar-refractivity contribution in [2.75, 3.05) is 17.2 Å². The van der Waals surface area contributed by atoms with E-state index >= 15 is 0 Å². The quantitative estimate of drug-likeness (QED) is 0.678. The number of esters is 1. The number of carbonyl (C=O) groups excluding carboxylic acids is 2. The minimum absolute atomic E-state index is 0.108. The molecule has 2 N–H and O–H groups in total. The van der Waals surface area contributed by atoms with Crippen LogP contribution in [0.5, 0.6) is 5.75 Å². The minimum atomic E-state index is -0.976. The predicted molar refractivity (Wildman–Crippen MR) is 77.0 cm³/mol. The van der Waals surface area contributed by atoms with E-state index in [4.69, 9.17) is 15.2 Å². The normalized spacial score (nSPS) is 19.4. The molecule has 0 aromatic heterocycles. The Morgan fingerprint density at radius 2 is 2.23 bits per heavy atom. The van der Waals surface area contributed by atoms with Crippen LogP contribution in [-0.2, 0) is 14.3 Å². The number of nitrogen functional groups attached to an aromatic ring is 1. The summed E-state index contributed by atoms with van der Waals surface area (Å²) in [6.07, 6.45) is 1.09. The summed E-state index contributed by atoms with van der Waals surface area (Å²) in [5, 5.41) is 0. The first-order valence-corrected chi connectivity index (χ1v) is 7.18. The highest BCUT2D eigenvalue weighted by Gasteiger charge is 2.59. The first-order valence-electron chi connectivity index (χ1n) is 7.18. The zero-order valence-corrected chi connectivity index (χ0v) is 12.4. The molecule has 1 unspecified atom stereocenters. The van der Waals surface area contributed by atoms with Crippen LogP contribution in [-0.4, -0.2) is 30.1 Å². The van der Waals surface area contributed by atoms with Crippen LogP contribution in [0.3, 0.4) is 0 Å². The molecular formula is C15H17FN2O4. The van der Waals surface area contributed by atoms with Gasteiger partial charge in [0, 0.05) is 18.9 Å². The molecule has 0 radical (unpaired) electrons. The van der Waals surface area contributed by atoms with Crippen LogP contribution in [0.15, 0.2) is 12.1 Å². The molecule has 0 saturated heterocycles. The highest BCUT2D eigenvalue weighted by molar-refractivity contribution is 6.08. The zero-order valence-electron chi connectivity index (χ0n) is 12.4. The molecule has 7 heteroatoms. The van der Waals surface area contributed by atoms with Gasteiger partial charge in [0.15, 0.2) is 5.60 Å². The van der Waals surface area contributed by atoms with Crippen molar-refractivity contribution in [1.29, 1.82) is 0 Å². The first-order chi connectivity index (χ1) is 10.4. The molecule has 1 heterocycles. The van der Waals surface area contributed by atoms with Gasteiger partial charge in [-0.2, -0.15) is 0 Å². The molecule has 1 aromatic carbocycles. The Labute approximate surface area is 127 Å². The van der Waals surface area contributed by atoms with E-state index in [1.807, 2.05) is 0 Å². The molecule has 1 aliphatic heterocycles. The second-order valence-corrected chi connectivity index (χ2v) is 5.54. The lowest BCUT2D eigenvalue weighted by Gasteiger charge is -2.37. The van der Waals surface area contributed by atoms with Gasteiger partial charge in [-0.3, -0.25) is 9.69 Å². The number of benzene rings is 1. The van der Waals surface area contributed by atoms with Gasteiger partial charge in [-0.05, 0) is 19.9 Å². The van der Waals surface area contributed by atoms with Crippen LogP contribution in [0.1, 0.15) is 26.7 Å². The van der Waals surface area contributed by atoms with Gasteiger partial charge in [0.1, 0.15) is 17.6 Å². The van der Waals surface area contributed by atoms with Gasteiger partial charge in [0.05, 0.1) is 18.0 Å². The maximum atomic E-state index is 13.7. The molecule has 1 fully saturated rings. The molecule has 1 amide bonds. The van der Waals surface area contributed by atoms with Crippen LogP contribution in [0.25, 0.3) is 0 Å². The lowest BCUT2D eigenvalue weighted by Crippen LogP contribution is -2.54. The van der Waals surface area contributed by atoms with Gasteiger partial charge in [-0.1, -0.05) is 0 Å². The average molecular weight is 308 g/mol. The van der Waals surface area contributed by atoms with Crippen LogP contribution in [0.2, 0.25) is 0 Å². The Bertz CT molecular complexity index is 657. The Hall–Kier alpha value is -2.31. The first kappa shape index (κ1) is 14.6. The third-order valence-corrected chi connectivity index (χ3v) is 3.97. The number of anilines is 2. The number of ether oxygens (including phenoxy) is 2. The number of nitrogens with two attached hydrogens (primary N) is 1. The molecule has 2 aliphatic rings. The van der Waals surface area contributed by atoms with Crippen molar-refractivity contribution in [2.24, 2.45) is 0 Å². The van der Waals surface area contributed by atoms with E-state index in [0.717, 1.165) is 6.07 Å². The van der Waals surface area contributed by atoms with Gasteiger partial charge in [-0.25, -0.2) is 9.18 Å². The zero-order chi connectivity index (χ0) is 16.1. The number of carbonyl (C=O) groups is 2. The van der Waals surface area contributed by atoms with Gasteiger partial charge in [-0.15, -0.1) is 0 Å². The lowest BCUT2D eigenvalue weighted by molar-refractivity contribution is -0.146. The van der Waals surface area contributed by atoms with E-state index in [0.29, 0.717) is 18.5 Å². The second-order valence-electron chi connectivity index (χ2n) is 5.54. The standard InChI is InChI=1S/C15H17FN2O4/c1-3-21-13(19)8(2)18-11-7-10(17)9(16)6-12(11)22-15(4-5-15)14(18)20/h6-8H,3-5,17H2,1-2H3. The van der Waals surface area contributed by atoms with Gasteiger partial charge < -0.3 is 15.2 Å². The molecule has 1 aliphatic carbocycles. The smallest absolute Gasteiger partial charge is 0.328 e. The number of rotatable bonds is 3. The second kappa shape index (κ2) is 4.86. The fourth-order valence-corrected chi connectivity index (χ4v) is 2.60. The number of nitrogens with zero attached hydrogens (tertiary/aromatic N) is 1. The third kappa shape index (κ3) is 2.08. The fourth-order valence-electron chi connectivity index (χ4n) is 2.60. The van der Waals surface area contributed by atoms with Gasteiger partial charge >= 0.3 is 5.97 Å². The SMILES string of the molecule is CCOC(=O)C(C)N1C(=O)C2(CC2)Oc2cc(F)c(N)cc21. The molecular weight excluding hydrogens is 291 g/mol. The van der Waals surface area contributed by atoms with Crippen LogP contribution in [0.4, 0.5) is 15.8 Å². The maximum Gasteiger partial charge on any atom is 0.328 e. The summed E-state index contributed by atoms with van der Waals surface area (Å²) in [6.45, 7) is 3.47. The summed E-state index contributed by atoms with van der Waals surface area (Å²) in [7, 11) is 0. The Morgan fingerprint density at radius 3 is 2.82 bits per heavy atom. The van der Waals surface area contributed by atoms with Crippen molar-refractivity contribution in [3.05, 3.63) is 17.9 Å². The average Bonchev–Trinajstić information content (AvgIpc) is 3.23. The minimum Gasteiger partial charge on any atom is -0.475 e. The van der Waals surface area contributed by atoms with Crippen molar-refractivity contribution in [2.45, 2.75) is 38.3 Å². The van der Waals surface area contributed by atoms with E-state index in [2.05, 4.69) is 0 Å². The molecule has 6 nitrogen and oxygen atoms in total. The van der Waals surface area contributed by atoms with Gasteiger partial charge in [0.2, 0.25) is 0 Å². The van der Waals surface area contributed by atoms with Crippen molar-refractivity contribution >= 4 is 23.3 Å². The molecule has 118 valence electrons. The molecule has 1 atom stereocenters. The van der Waals surface area contributed by atoms with E-state index in [9.17, 15) is 14.0 Å². The van der Waals surface area contributed by atoms with Crippen molar-refractivity contribution in [1.82, 2.24) is 0 Å². The lowest BCUT2D eigenvalue weighted by atomic mass is 10.1. The number of halogens is 1. The molecule has 1 aromatic rings. The Morgan fingerprint density at radius 1 is 1.55 bits per heavy atom. The molecule has 1 spiro atoms. The van der Waals surface area contributed by atoms with E-state index in [-0.39, 0.29) is 24.0 Å². The highest BCUT2D eigenvalue weighted by atomic mass is 19.1. The summed E-state index contributed by atoms with van der Waals surface area (Å²) in [5.74, 6) is -1.23. The Kier molecular flexibility index (Phi) is 3.23. The predicted octanol–water partition coefficient (Wildman–Crippen LogP) is 1.62. The van der Waals surface area contributed by atoms with Crippen LogP contribution < -0.4 is 15.4 Å². The summed E-state index contributed by atoms with van der Waals surface area (Å²) in [5.41, 5.74) is 4.79. The van der Waals surface area contributed by atoms with Crippen LogP contribution >= 0.6 is 0 Å². The summed E-state index contributed by atoms with van der Waals surface area (Å²) in [6, 6.07) is 1.63. The summed E-state index contributed by atoms with van der Waals surface area (Å²) < 4.78 is 24.3. The largest absolute Gasteiger partial charge is 0.475 e. The number of hydrogen-bond donors (Lipinski definition) is 1. The molecule has 3 rings (SSSR count). The number of amides is 1. The Balaban J connectivity index is 2.06. The van der Waals surface area contributed by atoms with Crippen LogP contribution in [0, 0.1) is 5.82 Å². The monoisotopic (exact) mass is 308 g/mol. The number of hydrogen-bond acceptors (Lipinski definition) is 5. The summed E-state index contributed by atoms with van der Waals surface area (Å²) >= 11 is 0. The van der Waals surface area contributed by atoms with Crippen molar-refractivity contribution in [3.63, 3.8) is 0 Å². The number of fused-ring (bicyclic) bond motifs is 1. The van der Waals surface area contributed by atoms with Crippen molar-refractivity contribution in [3.8, 4) is 5.75 Å². The fraction of sp³-hybridized carbons (Fsp3) is 0.467. The van der Waals surface area contributed by atoms with E-state index in [1.54, 1.807) is 13.8 Å². The van der Waals surface area contributed by atoms with Crippen molar-refractivity contribution < 1.29 is 23.5 Å². The van der Waals surface area contributed by atoms with Gasteiger partial charge in [0.25, 0.3) is 5.91 Å². The molecule has 22 heavy (non-hydrogen) atoms. The van der Waals surface area contributed by atoms with E-state index in [1.165, 1.54) is 11.0 Å². The molecule has 1 saturated carbocycles. The molecule has 0 bridgehead atoms. The third-order valence-electron chi connectivity index (χ3n) is 3.97.